The number of anilines is 2. The van der Waals surface area contributed by atoms with Gasteiger partial charge in [0.1, 0.15) is 5.82 Å². The lowest BCUT2D eigenvalue weighted by atomic mass is 9.79. The monoisotopic (exact) mass is 249 g/mol. The van der Waals surface area contributed by atoms with Crippen LogP contribution in [0, 0.1) is 0 Å². The minimum Gasteiger partial charge on any atom is -0.368 e. The summed E-state index contributed by atoms with van der Waals surface area (Å²) in [4.78, 5) is 8.10. The zero-order valence-corrected chi connectivity index (χ0v) is 11.6. The van der Waals surface area contributed by atoms with Crippen molar-refractivity contribution >= 4 is 11.8 Å². The van der Waals surface area contributed by atoms with Gasteiger partial charge in [0.15, 0.2) is 0 Å². The summed E-state index contributed by atoms with van der Waals surface area (Å²) in [6.07, 6.45) is 3.79. The molecule has 1 aliphatic rings. The van der Waals surface area contributed by atoms with Gasteiger partial charge >= 0.3 is 0 Å². The predicted molar refractivity (Wildman–Crippen MR) is 74.4 cm³/mol. The Balaban J connectivity index is 2.09. The smallest absolute Gasteiger partial charge is 0.221 e. The molecule has 2 rings (SSSR count). The summed E-state index contributed by atoms with van der Waals surface area (Å²) in [6, 6.07) is 2.25. The molecule has 0 radical (unpaired) electrons. The predicted octanol–water partition coefficient (Wildman–Crippen LogP) is 1.78. The van der Waals surface area contributed by atoms with Crippen LogP contribution in [0.1, 0.15) is 40.5 Å². The van der Waals surface area contributed by atoms with E-state index in [9.17, 15) is 0 Å². The molecule has 5 nitrogen and oxygen atoms in total. The fraction of sp³-hybridized carbons (Fsp3) is 0.692. The summed E-state index contributed by atoms with van der Waals surface area (Å²) in [5, 5.41) is 7.12. The Kier molecular flexibility index (Phi) is 3.19. The molecule has 0 aromatic carbocycles. The van der Waals surface area contributed by atoms with Gasteiger partial charge in [0, 0.05) is 23.3 Å². The SMILES string of the molecule is CC1(C)CC(Nc2ccnc(N)n2)CC(C)(C)N1. The van der Waals surface area contributed by atoms with Gasteiger partial charge in [0.2, 0.25) is 5.95 Å². The first-order valence-corrected chi connectivity index (χ1v) is 6.40. The third-order valence-corrected chi connectivity index (χ3v) is 3.22. The van der Waals surface area contributed by atoms with Crippen LogP contribution in [-0.4, -0.2) is 27.1 Å². The van der Waals surface area contributed by atoms with Gasteiger partial charge in [-0.25, -0.2) is 4.98 Å². The second kappa shape index (κ2) is 4.39. The van der Waals surface area contributed by atoms with Gasteiger partial charge in [-0.1, -0.05) is 0 Å². The Bertz CT molecular complexity index is 411. The van der Waals surface area contributed by atoms with Crippen LogP contribution in [0.15, 0.2) is 12.3 Å². The lowest BCUT2D eigenvalue weighted by molar-refractivity contribution is 0.170. The maximum atomic E-state index is 5.60. The summed E-state index contributed by atoms with van der Waals surface area (Å²) < 4.78 is 0. The number of piperidine rings is 1. The van der Waals surface area contributed by atoms with Crippen molar-refractivity contribution < 1.29 is 0 Å². The lowest BCUT2D eigenvalue weighted by Gasteiger charge is -2.46. The van der Waals surface area contributed by atoms with Crippen molar-refractivity contribution in [3.05, 3.63) is 12.3 Å². The van der Waals surface area contributed by atoms with E-state index in [0.717, 1.165) is 18.7 Å². The number of nitrogens with one attached hydrogen (secondary N) is 2. The quantitative estimate of drug-likeness (QED) is 0.745. The van der Waals surface area contributed by atoms with Crippen LogP contribution in [0.3, 0.4) is 0 Å². The van der Waals surface area contributed by atoms with E-state index in [-0.39, 0.29) is 11.1 Å². The van der Waals surface area contributed by atoms with E-state index in [1.54, 1.807) is 6.20 Å². The standard InChI is InChI=1S/C13H23N5/c1-12(2)7-9(8-13(3,4)18-12)16-10-5-6-15-11(14)17-10/h5-6,9,18H,7-8H2,1-4H3,(H3,14,15,16,17). The highest BCUT2D eigenvalue weighted by Crippen LogP contribution is 2.30. The highest BCUT2D eigenvalue weighted by atomic mass is 15.1. The number of rotatable bonds is 2. The van der Waals surface area contributed by atoms with Crippen molar-refractivity contribution in [2.75, 3.05) is 11.1 Å². The number of hydrogen-bond acceptors (Lipinski definition) is 5. The molecule has 0 unspecified atom stereocenters. The first-order chi connectivity index (χ1) is 8.26. The molecule has 5 heteroatoms. The minimum absolute atomic E-state index is 0.123. The van der Waals surface area contributed by atoms with Gasteiger partial charge in [-0.2, -0.15) is 4.98 Å². The van der Waals surface area contributed by atoms with Gasteiger partial charge in [-0.3, -0.25) is 0 Å². The van der Waals surface area contributed by atoms with Gasteiger partial charge in [0.05, 0.1) is 0 Å². The molecule has 0 spiro atoms. The van der Waals surface area contributed by atoms with Crippen LogP contribution in [0.4, 0.5) is 11.8 Å². The van der Waals surface area contributed by atoms with Crippen molar-refractivity contribution in [3.63, 3.8) is 0 Å². The minimum atomic E-state index is 0.123. The zero-order chi connectivity index (χ0) is 13.4. The molecule has 1 aliphatic heterocycles. The molecule has 100 valence electrons. The van der Waals surface area contributed by atoms with Crippen LogP contribution in [0.2, 0.25) is 0 Å². The van der Waals surface area contributed by atoms with E-state index in [2.05, 4.69) is 48.3 Å². The Labute approximate surface area is 109 Å². The van der Waals surface area contributed by atoms with Crippen LogP contribution in [-0.2, 0) is 0 Å². The Morgan fingerprint density at radius 2 is 1.89 bits per heavy atom. The fourth-order valence-electron chi connectivity index (χ4n) is 3.09. The summed E-state index contributed by atoms with van der Waals surface area (Å²) in [7, 11) is 0. The molecule has 0 bridgehead atoms. The molecule has 0 aliphatic carbocycles. The molecule has 1 aromatic rings. The van der Waals surface area contributed by atoms with Gasteiger partial charge in [0.25, 0.3) is 0 Å². The van der Waals surface area contributed by atoms with Crippen molar-refractivity contribution in [1.29, 1.82) is 0 Å². The topological polar surface area (TPSA) is 75.9 Å². The molecule has 0 atom stereocenters. The molecular formula is C13H23N5. The third kappa shape index (κ3) is 3.32. The lowest BCUT2D eigenvalue weighted by Crippen LogP contribution is -2.60. The summed E-state index contributed by atoms with van der Waals surface area (Å²) in [5.74, 6) is 1.12. The molecule has 2 heterocycles. The second-order valence-electron chi connectivity index (χ2n) is 6.44. The summed E-state index contributed by atoms with van der Waals surface area (Å²) in [6.45, 7) is 8.93. The van der Waals surface area contributed by atoms with Crippen molar-refractivity contribution in [2.45, 2.75) is 57.7 Å². The molecule has 0 saturated carbocycles. The molecular weight excluding hydrogens is 226 g/mol. The molecule has 4 N–H and O–H groups in total. The summed E-state index contributed by atoms with van der Waals surface area (Å²) >= 11 is 0. The third-order valence-electron chi connectivity index (χ3n) is 3.22. The largest absolute Gasteiger partial charge is 0.368 e. The van der Waals surface area contributed by atoms with E-state index < -0.39 is 0 Å². The first kappa shape index (κ1) is 13.1. The van der Waals surface area contributed by atoms with Gasteiger partial charge in [-0.05, 0) is 46.6 Å². The zero-order valence-electron chi connectivity index (χ0n) is 11.6. The number of hydrogen-bond donors (Lipinski definition) is 3. The van der Waals surface area contributed by atoms with Crippen LogP contribution >= 0.6 is 0 Å². The van der Waals surface area contributed by atoms with E-state index in [4.69, 9.17) is 5.73 Å². The Morgan fingerprint density at radius 1 is 1.28 bits per heavy atom. The number of nitrogens with two attached hydrogens (primary N) is 1. The van der Waals surface area contributed by atoms with Crippen molar-refractivity contribution in [3.8, 4) is 0 Å². The number of aromatic nitrogens is 2. The van der Waals surface area contributed by atoms with Crippen LogP contribution < -0.4 is 16.4 Å². The molecule has 1 fully saturated rings. The molecule has 1 saturated heterocycles. The van der Waals surface area contributed by atoms with E-state index in [1.807, 2.05) is 6.07 Å². The van der Waals surface area contributed by atoms with Gasteiger partial charge in [-0.15, -0.1) is 0 Å². The fourth-order valence-corrected chi connectivity index (χ4v) is 3.09. The second-order valence-corrected chi connectivity index (χ2v) is 6.44. The maximum Gasteiger partial charge on any atom is 0.221 e. The average molecular weight is 249 g/mol. The summed E-state index contributed by atoms with van der Waals surface area (Å²) in [5.41, 5.74) is 5.84. The number of nitrogen functional groups attached to an aromatic ring is 1. The molecule has 18 heavy (non-hydrogen) atoms. The van der Waals surface area contributed by atoms with E-state index >= 15 is 0 Å². The number of nitrogens with zero attached hydrogens (tertiary/aromatic N) is 2. The van der Waals surface area contributed by atoms with Crippen LogP contribution in [0.5, 0.6) is 0 Å². The van der Waals surface area contributed by atoms with E-state index in [1.165, 1.54) is 0 Å². The van der Waals surface area contributed by atoms with Crippen molar-refractivity contribution in [1.82, 2.24) is 15.3 Å². The highest BCUT2D eigenvalue weighted by molar-refractivity contribution is 5.38. The first-order valence-electron chi connectivity index (χ1n) is 6.40. The van der Waals surface area contributed by atoms with Crippen molar-refractivity contribution in [2.24, 2.45) is 0 Å². The maximum absolute atomic E-state index is 5.60. The highest BCUT2D eigenvalue weighted by Gasteiger charge is 2.37. The average Bonchev–Trinajstić information content (AvgIpc) is 2.11. The molecule has 0 amide bonds. The molecule has 1 aromatic heterocycles. The van der Waals surface area contributed by atoms with E-state index in [0.29, 0.717) is 12.0 Å². The van der Waals surface area contributed by atoms with Crippen LogP contribution in [0.25, 0.3) is 0 Å². The van der Waals surface area contributed by atoms with Gasteiger partial charge < -0.3 is 16.4 Å². The Morgan fingerprint density at radius 3 is 2.44 bits per heavy atom. The normalized spacial score (nSPS) is 22.7. The Hall–Kier alpha value is -1.36.